The molecule has 26 heavy (non-hydrogen) atoms. The average molecular weight is 359 g/mol. The molecule has 0 aliphatic rings. The Hall–Kier alpha value is -3.62. The average Bonchev–Trinajstić information content (AvgIpc) is 2.62. The van der Waals surface area contributed by atoms with Crippen LogP contribution in [0.15, 0.2) is 47.6 Å². The van der Waals surface area contributed by atoms with Crippen molar-refractivity contribution in [1.29, 1.82) is 0 Å². The largest absolute Gasteiger partial charge is 0.507 e. The molecular weight excluding hydrogens is 342 g/mol. The van der Waals surface area contributed by atoms with Gasteiger partial charge in [0.15, 0.2) is 18.1 Å². The second-order valence-electron chi connectivity index (χ2n) is 4.96. The van der Waals surface area contributed by atoms with Crippen LogP contribution in [-0.2, 0) is 4.79 Å². The van der Waals surface area contributed by atoms with E-state index in [1.807, 2.05) is 6.92 Å². The summed E-state index contributed by atoms with van der Waals surface area (Å²) in [5.41, 5.74) is 2.11. The van der Waals surface area contributed by atoms with Crippen molar-refractivity contribution in [2.45, 2.75) is 6.92 Å². The van der Waals surface area contributed by atoms with Crippen molar-refractivity contribution in [2.75, 3.05) is 13.2 Å². The number of non-ortho nitro benzene ring substituents is 1. The van der Waals surface area contributed by atoms with Crippen LogP contribution >= 0.6 is 0 Å². The van der Waals surface area contributed by atoms with Crippen molar-refractivity contribution in [3.8, 4) is 17.2 Å². The second-order valence-corrected chi connectivity index (χ2v) is 4.96. The lowest BCUT2D eigenvalue weighted by molar-refractivity contribution is -0.384. The summed E-state index contributed by atoms with van der Waals surface area (Å²) in [5.74, 6) is 0.200. The Kier molecular flexibility index (Phi) is 6.49. The lowest BCUT2D eigenvalue weighted by Crippen LogP contribution is -2.24. The quantitative estimate of drug-likeness (QED) is 0.423. The second kappa shape index (κ2) is 9.02. The molecule has 0 unspecified atom stereocenters. The van der Waals surface area contributed by atoms with Crippen LogP contribution in [0.4, 0.5) is 5.69 Å². The van der Waals surface area contributed by atoms with E-state index in [1.165, 1.54) is 6.07 Å². The highest BCUT2D eigenvalue weighted by molar-refractivity contribution is 5.86. The van der Waals surface area contributed by atoms with Crippen LogP contribution in [-0.4, -0.2) is 35.4 Å². The molecule has 0 saturated carbocycles. The van der Waals surface area contributed by atoms with Gasteiger partial charge in [-0.15, -0.1) is 0 Å². The van der Waals surface area contributed by atoms with Crippen LogP contribution in [0, 0.1) is 10.1 Å². The molecule has 136 valence electrons. The Bertz CT molecular complexity index is 822. The zero-order valence-corrected chi connectivity index (χ0v) is 13.9. The number of nitro benzene ring substituents is 1. The normalized spacial score (nSPS) is 10.5. The van der Waals surface area contributed by atoms with Crippen LogP contribution in [0.1, 0.15) is 12.5 Å². The number of aromatic hydroxyl groups is 1. The molecule has 0 spiro atoms. The summed E-state index contributed by atoms with van der Waals surface area (Å²) in [6, 6.07) is 10.4. The summed E-state index contributed by atoms with van der Waals surface area (Å²) in [4.78, 5) is 21.9. The van der Waals surface area contributed by atoms with Gasteiger partial charge in [0.1, 0.15) is 5.75 Å². The molecule has 0 bridgehead atoms. The molecule has 2 aromatic carbocycles. The molecule has 0 aliphatic carbocycles. The Labute approximate surface area is 149 Å². The summed E-state index contributed by atoms with van der Waals surface area (Å²) in [7, 11) is 0. The smallest absolute Gasteiger partial charge is 0.277 e. The van der Waals surface area contributed by atoms with E-state index in [4.69, 9.17) is 9.47 Å². The summed E-state index contributed by atoms with van der Waals surface area (Å²) >= 11 is 0. The molecule has 2 N–H and O–H groups in total. The summed E-state index contributed by atoms with van der Waals surface area (Å²) in [6.45, 7) is 1.99. The van der Waals surface area contributed by atoms with E-state index in [9.17, 15) is 20.0 Å². The zero-order chi connectivity index (χ0) is 18.9. The van der Waals surface area contributed by atoms with Gasteiger partial charge in [-0.1, -0.05) is 12.1 Å². The maximum Gasteiger partial charge on any atom is 0.277 e. The zero-order valence-electron chi connectivity index (χ0n) is 13.9. The monoisotopic (exact) mass is 359 g/mol. The lowest BCUT2D eigenvalue weighted by Gasteiger charge is -2.10. The number of hydrogen-bond acceptors (Lipinski definition) is 7. The summed E-state index contributed by atoms with van der Waals surface area (Å²) < 4.78 is 10.8. The summed E-state index contributed by atoms with van der Waals surface area (Å²) in [5, 5.41) is 24.0. The Morgan fingerprint density at radius 2 is 1.96 bits per heavy atom. The molecule has 0 radical (unpaired) electrons. The predicted molar refractivity (Wildman–Crippen MR) is 93.6 cm³/mol. The number of carbonyl (C=O) groups is 1. The van der Waals surface area contributed by atoms with Gasteiger partial charge in [0.2, 0.25) is 0 Å². The number of hydrazone groups is 1. The Balaban J connectivity index is 1.92. The van der Waals surface area contributed by atoms with Gasteiger partial charge in [0, 0.05) is 17.7 Å². The van der Waals surface area contributed by atoms with E-state index in [2.05, 4.69) is 10.5 Å². The standard InChI is InChI=1S/C17H17N3O6/c1-2-25-15-5-3-4-6-16(15)26-11-17(22)19-18-10-12-9-13(20(23)24)7-8-14(12)21/h3-10,21H,2,11H2,1H3,(H,19,22)/b18-10+. The van der Waals surface area contributed by atoms with E-state index in [0.717, 1.165) is 18.3 Å². The van der Waals surface area contributed by atoms with Crippen molar-refractivity contribution < 1.29 is 24.3 Å². The Morgan fingerprint density at radius 1 is 1.27 bits per heavy atom. The van der Waals surface area contributed by atoms with Crippen molar-refractivity contribution >= 4 is 17.8 Å². The first kappa shape index (κ1) is 18.7. The third-order valence-electron chi connectivity index (χ3n) is 3.12. The van der Waals surface area contributed by atoms with Crippen molar-refractivity contribution in [3.63, 3.8) is 0 Å². The molecule has 0 heterocycles. The highest BCUT2D eigenvalue weighted by Gasteiger charge is 2.09. The minimum Gasteiger partial charge on any atom is -0.507 e. The van der Waals surface area contributed by atoms with Crippen molar-refractivity contribution in [1.82, 2.24) is 5.43 Å². The van der Waals surface area contributed by atoms with Crippen LogP contribution in [0.5, 0.6) is 17.2 Å². The fourth-order valence-corrected chi connectivity index (χ4v) is 1.95. The van der Waals surface area contributed by atoms with E-state index >= 15 is 0 Å². The number of phenols is 1. The molecule has 2 rings (SSSR count). The molecular formula is C17H17N3O6. The number of hydrogen-bond donors (Lipinski definition) is 2. The SMILES string of the molecule is CCOc1ccccc1OCC(=O)N/N=C/c1cc([N+](=O)[O-])ccc1O. The van der Waals surface area contributed by atoms with E-state index < -0.39 is 10.8 Å². The molecule has 1 amide bonds. The number of amides is 1. The Morgan fingerprint density at radius 3 is 2.62 bits per heavy atom. The third-order valence-corrected chi connectivity index (χ3v) is 3.12. The topological polar surface area (TPSA) is 123 Å². The van der Waals surface area contributed by atoms with Crippen LogP contribution in [0.3, 0.4) is 0 Å². The molecule has 9 nitrogen and oxygen atoms in total. The number of para-hydroxylation sites is 2. The van der Waals surface area contributed by atoms with Gasteiger partial charge in [0.25, 0.3) is 11.6 Å². The maximum atomic E-state index is 11.8. The number of nitrogens with zero attached hydrogens (tertiary/aromatic N) is 2. The van der Waals surface area contributed by atoms with E-state index in [-0.39, 0.29) is 23.6 Å². The number of benzene rings is 2. The van der Waals surface area contributed by atoms with E-state index in [0.29, 0.717) is 18.1 Å². The first-order valence-electron chi connectivity index (χ1n) is 7.65. The molecule has 0 fully saturated rings. The fourth-order valence-electron chi connectivity index (χ4n) is 1.95. The highest BCUT2D eigenvalue weighted by atomic mass is 16.6. The van der Waals surface area contributed by atoms with E-state index in [1.54, 1.807) is 24.3 Å². The molecule has 0 saturated heterocycles. The molecule has 0 atom stereocenters. The van der Waals surface area contributed by atoms with Crippen LogP contribution < -0.4 is 14.9 Å². The summed E-state index contributed by atoms with van der Waals surface area (Å²) in [6.07, 6.45) is 1.11. The lowest BCUT2D eigenvalue weighted by atomic mass is 10.2. The number of ether oxygens (including phenoxy) is 2. The fraction of sp³-hybridized carbons (Fsp3) is 0.176. The minimum atomic E-state index is -0.598. The third kappa shape index (κ3) is 5.20. The first-order valence-corrected chi connectivity index (χ1v) is 7.65. The van der Waals surface area contributed by atoms with Crippen molar-refractivity contribution in [2.24, 2.45) is 5.10 Å². The van der Waals surface area contributed by atoms with Crippen molar-refractivity contribution in [3.05, 3.63) is 58.1 Å². The maximum absolute atomic E-state index is 11.8. The van der Waals surface area contributed by atoms with Crippen LogP contribution in [0.2, 0.25) is 0 Å². The first-order chi connectivity index (χ1) is 12.5. The van der Waals surface area contributed by atoms with Gasteiger partial charge < -0.3 is 14.6 Å². The number of nitro groups is 1. The number of nitrogens with one attached hydrogen (secondary N) is 1. The predicted octanol–water partition coefficient (Wildman–Crippen LogP) is 2.23. The molecule has 9 heteroatoms. The minimum absolute atomic E-state index is 0.0992. The van der Waals surface area contributed by atoms with Gasteiger partial charge >= 0.3 is 0 Å². The molecule has 2 aromatic rings. The number of carbonyl (C=O) groups excluding carboxylic acids is 1. The number of rotatable bonds is 8. The molecule has 0 aromatic heterocycles. The van der Waals surface area contributed by atoms with Crippen LogP contribution in [0.25, 0.3) is 0 Å². The number of phenolic OH excluding ortho intramolecular Hbond substituents is 1. The van der Waals surface area contributed by atoms with Gasteiger partial charge in [-0.2, -0.15) is 5.10 Å². The van der Waals surface area contributed by atoms with Gasteiger partial charge in [0.05, 0.1) is 17.7 Å². The van der Waals surface area contributed by atoms with Gasteiger partial charge in [-0.05, 0) is 25.1 Å². The highest BCUT2D eigenvalue weighted by Crippen LogP contribution is 2.26. The van der Waals surface area contributed by atoms with Gasteiger partial charge in [-0.25, -0.2) is 5.43 Å². The molecule has 0 aliphatic heterocycles. The van der Waals surface area contributed by atoms with Gasteiger partial charge in [-0.3, -0.25) is 14.9 Å².